The Morgan fingerprint density at radius 3 is 2.81 bits per heavy atom. The molecule has 0 saturated heterocycles. The Kier molecular flexibility index (Phi) is 3.05. The van der Waals surface area contributed by atoms with E-state index < -0.39 is 0 Å². The summed E-state index contributed by atoms with van der Waals surface area (Å²) in [5.74, 6) is 1.41. The summed E-state index contributed by atoms with van der Waals surface area (Å²) in [5, 5.41) is 0.726. The quantitative estimate of drug-likeness (QED) is 0.887. The highest BCUT2D eigenvalue weighted by Crippen LogP contribution is 2.34. The number of aryl methyl sites for hydroxylation is 1. The first-order chi connectivity index (χ1) is 7.70. The first-order valence-corrected chi connectivity index (χ1v) is 5.55. The van der Waals surface area contributed by atoms with Crippen molar-refractivity contribution in [1.82, 2.24) is 4.98 Å². The van der Waals surface area contributed by atoms with Crippen molar-refractivity contribution >= 4 is 17.4 Å². The van der Waals surface area contributed by atoms with E-state index in [-0.39, 0.29) is 0 Å². The largest absolute Gasteiger partial charge is 0.481 e. The predicted molar refractivity (Wildman–Crippen MR) is 62.8 cm³/mol. The second kappa shape index (κ2) is 4.49. The fourth-order valence-electron chi connectivity index (χ4n) is 1.21. The van der Waals surface area contributed by atoms with Gasteiger partial charge in [0, 0.05) is 6.07 Å². The molecule has 0 aliphatic carbocycles. The Morgan fingerprint density at radius 1 is 1.38 bits per heavy atom. The van der Waals surface area contributed by atoms with Gasteiger partial charge in [0.1, 0.15) is 10.8 Å². The van der Waals surface area contributed by atoms with E-state index in [9.17, 15) is 0 Å². The van der Waals surface area contributed by atoms with Crippen molar-refractivity contribution in [3.63, 3.8) is 0 Å². The predicted octanol–water partition coefficient (Wildman–Crippen LogP) is 2.73. The number of ether oxygens (including phenoxy) is 1. The van der Waals surface area contributed by atoms with Crippen molar-refractivity contribution in [2.75, 3.05) is 12.8 Å². The molecule has 0 radical (unpaired) electrons. The SMILES string of the molecule is COc1ccc(N)c(Sc2ccoc2C)n1. The second-order valence-corrected chi connectivity index (χ2v) is 4.22. The number of rotatable bonds is 3. The standard InChI is InChI=1S/C11H12N2O2S/c1-7-9(5-6-15-7)16-11-8(12)3-4-10(13-11)14-2/h3-6H,12H2,1-2H3. The van der Waals surface area contributed by atoms with Crippen LogP contribution in [0, 0.1) is 6.92 Å². The van der Waals surface area contributed by atoms with Crippen molar-refractivity contribution in [2.45, 2.75) is 16.8 Å². The van der Waals surface area contributed by atoms with Crippen LogP contribution in [0.2, 0.25) is 0 Å². The van der Waals surface area contributed by atoms with Crippen LogP contribution in [0.4, 0.5) is 5.69 Å². The number of nitrogens with zero attached hydrogens (tertiary/aromatic N) is 1. The highest BCUT2D eigenvalue weighted by Gasteiger charge is 2.09. The van der Waals surface area contributed by atoms with E-state index in [1.54, 1.807) is 25.5 Å². The van der Waals surface area contributed by atoms with E-state index in [1.807, 2.05) is 13.0 Å². The molecule has 2 rings (SSSR count). The highest BCUT2D eigenvalue weighted by molar-refractivity contribution is 7.99. The Morgan fingerprint density at radius 2 is 2.19 bits per heavy atom. The van der Waals surface area contributed by atoms with Gasteiger partial charge in [0.15, 0.2) is 0 Å². The summed E-state index contributed by atoms with van der Waals surface area (Å²) >= 11 is 1.47. The lowest BCUT2D eigenvalue weighted by molar-refractivity contribution is 0.395. The van der Waals surface area contributed by atoms with Crippen molar-refractivity contribution in [1.29, 1.82) is 0 Å². The van der Waals surface area contributed by atoms with Gasteiger partial charge in [-0.05, 0) is 19.1 Å². The average molecular weight is 236 g/mol. The van der Waals surface area contributed by atoms with E-state index in [1.165, 1.54) is 11.8 Å². The minimum Gasteiger partial charge on any atom is -0.481 e. The molecule has 2 N–H and O–H groups in total. The maximum Gasteiger partial charge on any atom is 0.214 e. The van der Waals surface area contributed by atoms with E-state index in [4.69, 9.17) is 14.9 Å². The van der Waals surface area contributed by atoms with Gasteiger partial charge in [0.05, 0.1) is 24.0 Å². The summed E-state index contributed by atoms with van der Waals surface area (Å²) in [4.78, 5) is 5.29. The van der Waals surface area contributed by atoms with Gasteiger partial charge in [-0.15, -0.1) is 0 Å². The number of hydrogen-bond acceptors (Lipinski definition) is 5. The Bertz CT molecular complexity index is 496. The number of hydrogen-bond donors (Lipinski definition) is 1. The second-order valence-electron chi connectivity index (χ2n) is 3.19. The van der Waals surface area contributed by atoms with Gasteiger partial charge in [0.25, 0.3) is 0 Å². The van der Waals surface area contributed by atoms with Gasteiger partial charge < -0.3 is 14.9 Å². The van der Waals surface area contributed by atoms with Gasteiger partial charge in [-0.1, -0.05) is 11.8 Å². The third kappa shape index (κ3) is 2.14. The molecule has 84 valence electrons. The molecule has 0 aromatic carbocycles. The molecule has 0 aliphatic heterocycles. The monoisotopic (exact) mass is 236 g/mol. The van der Waals surface area contributed by atoms with Crippen LogP contribution in [0.3, 0.4) is 0 Å². The smallest absolute Gasteiger partial charge is 0.214 e. The van der Waals surface area contributed by atoms with Crippen molar-refractivity contribution < 1.29 is 9.15 Å². The van der Waals surface area contributed by atoms with Gasteiger partial charge in [-0.2, -0.15) is 0 Å². The number of furan rings is 1. The van der Waals surface area contributed by atoms with Crippen LogP contribution in [-0.4, -0.2) is 12.1 Å². The summed E-state index contributed by atoms with van der Waals surface area (Å²) < 4.78 is 10.3. The minimum atomic E-state index is 0.554. The Balaban J connectivity index is 2.30. The zero-order chi connectivity index (χ0) is 11.5. The van der Waals surface area contributed by atoms with Crippen LogP contribution in [-0.2, 0) is 0 Å². The zero-order valence-electron chi connectivity index (χ0n) is 9.06. The Hall–Kier alpha value is -1.62. The van der Waals surface area contributed by atoms with Crippen molar-refractivity contribution in [2.24, 2.45) is 0 Å². The van der Waals surface area contributed by atoms with E-state index in [0.717, 1.165) is 15.7 Å². The van der Waals surface area contributed by atoms with Gasteiger partial charge in [-0.25, -0.2) is 4.98 Å². The first-order valence-electron chi connectivity index (χ1n) is 4.73. The number of methoxy groups -OCH3 is 1. The molecule has 0 amide bonds. The van der Waals surface area contributed by atoms with Gasteiger partial charge >= 0.3 is 0 Å². The lowest BCUT2D eigenvalue weighted by atomic mass is 10.4. The number of anilines is 1. The molecule has 5 heteroatoms. The van der Waals surface area contributed by atoms with Crippen LogP contribution in [0.15, 0.2) is 38.8 Å². The molecule has 0 aliphatic rings. The molecular weight excluding hydrogens is 224 g/mol. The summed E-state index contributed by atoms with van der Waals surface area (Å²) in [6.45, 7) is 1.90. The fourth-order valence-corrected chi connectivity index (χ4v) is 2.06. The third-order valence-corrected chi connectivity index (χ3v) is 3.25. The zero-order valence-corrected chi connectivity index (χ0v) is 9.88. The lowest BCUT2D eigenvalue weighted by Crippen LogP contribution is -1.94. The normalized spacial score (nSPS) is 10.4. The molecule has 0 bridgehead atoms. The van der Waals surface area contributed by atoms with Crippen LogP contribution < -0.4 is 10.5 Å². The van der Waals surface area contributed by atoms with Crippen LogP contribution in [0.5, 0.6) is 5.88 Å². The summed E-state index contributed by atoms with van der Waals surface area (Å²) in [6.07, 6.45) is 1.65. The molecule has 0 unspecified atom stereocenters. The lowest BCUT2D eigenvalue weighted by Gasteiger charge is -2.05. The molecule has 0 fully saturated rings. The first kappa shape index (κ1) is 10.9. The van der Waals surface area contributed by atoms with E-state index in [2.05, 4.69) is 4.98 Å². The summed E-state index contributed by atoms with van der Waals surface area (Å²) in [7, 11) is 1.58. The van der Waals surface area contributed by atoms with Crippen LogP contribution in [0.1, 0.15) is 5.76 Å². The molecule has 2 heterocycles. The number of pyridine rings is 1. The average Bonchev–Trinajstić information content (AvgIpc) is 2.68. The van der Waals surface area contributed by atoms with Crippen molar-refractivity contribution in [3.8, 4) is 5.88 Å². The summed E-state index contributed by atoms with van der Waals surface area (Å²) in [6, 6.07) is 5.41. The van der Waals surface area contributed by atoms with E-state index in [0.29, 0.717) is 11.6 Å². The van der Waals surface area contributed by atoms with Crippen molar-refractivity contribution in [3.05, 3.63) is 30.2 Å². The topological polar surface area (TPSA) is 61.3 Å². The van der Waals surface area contributed by atoms with E-state index >= 15 is 0 Å². The van der Waals surface area contributed by atoms with Gasteiger partial charge in [0.2, 0.25) is 5.88 Å². The molecule has 0 atom stereocenters. The van der Waals surface area contributed by atoms with Crippen LogP contribution in [0.25, 0.3) is 0 Å². The Labute approximate surface area is 97.8 Å². The maximum atomic E-state index is 5.84. The molecule has 16 heavy (non-hydrogen) atoms. The number of nitrogen functional groups attached to an aromatic ring is 1. The van der Waals surface area contributed by atoms with Crippen LogP contribution >= 0.6 is 11.8 Å². The summed E-state index contributed by atoms with van der Waals surface area (Å²) in [5.41, 5.74) is 6.47. The molecular formula is C11H12N2O2S. The molecule has 4 nitrogen and oxygen atoms in total. The highest BCUT2D eigenvalue weighted by atomic mass is 32.2. The third-order valence-electron chi connectivity index (χ3n) is 2.09. The fraction of sp³-hybridized carbons (Fsp3) is 0.182. The number of aromatic nitrogens is 1. The number of nitrogens with two attached hydrogens (primary N) is 1. The molecule has 0 spiro atoms. The maximum absolute atomic E-state index is 5.84. The van der Waals surface area contributed by atoms with Gasteiger partial charge in [-0.3, -0.25) is 0 Å². The molecule has 2 aromatic heterocycles. The molecule has 0 saturated carbocycles. The minimum absolute atomic E-state index is 0.554. The molecule has 2 aromatic rings.